The maximum absolute atomic E-state index is 14.8. The first-order chi connectivity index (χ1) is 16.4. The number of aromatic nitrogens is 2. The van der Waals surface area contributed by atoms with Gasteiger partial charge in [0.25, 0.3) is 5.56 Å². The molecule has 0 saturated heterocycles. The van der Waals surface area contributed by atoms with Crippen molar-refractivity contribution in [3.05, 3.63) is 73.5 Å². The van der Waals surface area contributed by atoms with E-state index in [0.29, 0.717) is 52.3 Å². The SMILES string of the molecule is C/C=C1/OCc2c(cc3n(c2=O)Cc2c-3nc3cc(F)c(C)c4c3c2C(CCCO)CC4)C1O. The molecule has 2 aromatic heterocycles. The minimum absolute atomic E-state index is 0.122. The van der Waals surface area contributed by atoms with Gasteiger partial charge in [0.15, 0.2) is 0 Å². The van der Waals surface area contributed by atoms with E-state index in [-0.39, 0.29) is 30.5 Å². The number of allylic oxidation sites excluding steroid dienone is 1. The molecular formula is C27H27FN2O4. The summed E-state index contributed by atoms with van der Waals surface area (Å²) in [5.74, 6) is 0.385. The molecule has 0 fully saturated rings. The summed E-state index contributed by atoms with van der Waals surface area (Å²) in [5.41, 5.74) is 6.60. The molecule has 34 heavy (non-hydrogen) atoms. The van der Waals surface area contributed by atoms with Gasteiger partial charge >= 0.3 is 0 Å². The molecule has 1 aliphatic carbocycles. The number of hydrogen-bond acceptors (Lipinski definition) is 5. The second kappa shape index (κ2) is 7.75. The van der Waals surface area contributed by atoms with Crippen molar-refractivity contribution in [2.24, 2.45) is 0 Å². The van der Waals surface area contributed by atoms with Crippen molar-refractivity contribution in [3.63, 3.8) is 0 Å². The Kier molecular flexibility index (Phi) is 4.90. The quantitative estimate of drug-likeness (QED) is 0.478. The summed E-state index contributed by atoms with van der Waals surface area (Å²) in [6.45, 7) is 4.26. The van der Waals surface area contributed by atoms with E-state index in [4.69, 9.17) is 9.72 Å². The number of aliphatic hydroxyl groups excluding tert-OH is 2. The Hall–Kier alpha value is -3.03. The molecular weight excluding hydrogens is 435 g/mol. The third-order valence-electron chi connectivity index (χ3n) is 7.83. The van der Waals surface area contributed by atoms with Crippen LogP contribution in [-0.2, 0) is 24.3 Å². The fraction of sp³-hybridized carbons (Fsp3) is 0.407. The van der Waals surface area contributed by atoms with Gasteiger partial charge < -0.3 is 19.5 Å². The fourth-order valence-electron chi connectivity index (χ4n) is 6.10. The van der Waals surface area contributed by atoms with Crippen LogP contribution in [0.5, 0.6) is 0 Å². The molecule has 4 heterocycles. The van der Waals surface area contributed by atoms with Crippen molar-refractivity contribution in [2.75, 3.05) is 6.61 Å². The smallest absolute Gasteiger partial charge is 0.258 e. The van der Waals surface area contributed by atoms with Crippen LogP contribution in [0, 0.1) is 12.7 Å². The van der Waals surface area contributed by atoms with Crippen LogP contribution in [0.1, 0.15) is 71.6 Å². The average Bonchev–Trinajstić information content (AvgIpc) is 3.21. The van der Waals surface area contributed by atoms with Gasteiger partial charge in [-0.1, -0.05) is 0 Å². The number of benzene rings is 1. The van der Waals surface area contributed by atoms with E-state index >= 15 is 0 Å². The predicted octanol–water partition coefficient (Wildman–Crippen LogP) is 4.14. The lowest BCUT2D eigenvalue weighted by molar-refractivity contribution is 0.0736. The minimum Gasteiger partial charge on any atom is -0.490 e. The lowest BCUT2D eigenvalue weighted by atomic mass is 9.76. The van der Waals surface area contributed by atoms with E-state index in [0.717, 1.165) is 41.3 Å². The standard InChI is InChI=1S/C27H27FN2O4/c1-3-22-26(32)16-9-21-25-17(11-30(21)27(33)18(16)12-34-22)23-14(5-4-8-31)6-7-15-13(2)19(28)10-20(29-25)24(15)23/h3,9-10,14,26,31-32H,4-8,11-12H2,1-2H3/b22-3+. The molecule has 3 aromatic rings. The maximum atomic E-state index is 14.8. The number of pyridine rings is 2. The summed E-state index contributed by atoms with van der Waals surface area (Å²) >= 11 is 0. The molecule has 3 aliphatic rings. The average molecular weight is 463 g/mol. The first kappa shape index (κ1) is 21.5. The molecule has 0 bridgehead atoms. The monoisotopic (exact) mass is 462 g/mol. The molecule has 7 heteroatoms. The summed E-state index contributed by atoms with van der Waals surface area (Å²) < 4.78 is 22.2. The third-order valence-corrected chi connectivity index (χ3v) is 7.83. The molecule has 6 nitrogen and oxygen atoms in total. The van der Waals surface area contributed by atoms with Crippen molar-refractivity contribution >= 4 is 10.9 Å². The van der Waals surface area contributed by atoms with Crippen LogP contribution in [0.2, 0.25) is 0 Å². The van der Waals surface area contributed by atoms with E-state index in [9.17, 15) is 19.4 Å². The number of rotatable bonds is 3. The van der Waals surface area contributed by atoms with Crippen molar-refractivity contribution < 1.29 is 19.3 Å². The summed E-state index contributed by atoms with van der Waals surface area (Å²) in [4.78, 5) is 18.4. The first-order valence-electron chi connectivity index (χ1n) is 11.9. The number of ether oxygens (including phenoxy) is 1. The Balaban J connectivity index is 1.64. The number of aliphatic hydroxyl groups is 2. The van der Waals surface area contributed by atoms with Gasteiger partial charge in [0.2, 0.25) is 0 Å². The highest BCUT2D eigenvalue weighted by molar-refractivity contribution is 5.93. The Labute approximate surface area is 196 Å². The summed E-state index contributed by atoms with van der Waals surface area (Å²) in [6.07, 6.45) is 3.88. The number of halogens is 1. The molecule has 0 spiro atoms. The van der Waals surface area contributed by atoms with Gasteiger partial charge in [-0.3, -0.25) is 4.79 Å². The van der Waals surface area contributed by atoms with Gasteiger partial charge in [0, 0.05) is 29.2 Å². The highest BCUT2D eigenvalue weighted by Gasteiger charge is 2.36. The Morgan fingerprint density at radius 3 is 2.88 bits per heavy atom. The topological polar surface area (TPSA) is 84.6 Å². The molecule has 2 aliphatic heterocycles. The van der Waals surface area contributed by atoms with E-state index < -0.39 is 6.10 Å². The summed E-state index contributed by atoms with van der Waals surface area (Å²) in [5, 5.41) is 21.3. The molecule has 1 aromatic carbocycles. The molecule has 2 atom stereocenters. The van der Waals surface area contributed by atoms with Crippen LogP contribution in [0.3, 0.4) is 0 Å². The molecule has 176 valence electrons. The molecule has 0 radical (unpaired) electrons. The van der Waals surface area contributed by atoms with Gasteiger partial charge in [0.05, 0.1) is 29.0 Å². The largest absolute Gasteiger partial charge is 0.490 e. The summed E-state index contributed by atoms with van der Waals surface area (Å²) in [6, 6.07) is 3.36. The third kappa shape index (κ3) is 2.86. The van der Waals surface area contributed by atoms with Crippen LogP contribution in [0.15, 0.2) is 28.8 Å². The van der Waals surface area contributed by atoms with E-state index in [1.807, 2.05) is 13.0 Å². The van der Waals surface area contributed by atoms with Gasteiger partial charge in [-0.05, 0) is 74.3 Å². The number of hydrogen-bond donors (Lipinski definition) is 2. The van der Waals surface area contributed by atoms with Gasteiger partial charge in [-0.2, -0.15) is 0 Å². The molecule has 2 unspecified atom stereocenters. The number of aryl methyl sites for hydroxylation is 1. The maximum Gasteiger partial charge on any atom is 0.258 e. The predicted molar refractivity (Wildman–Crippen MR) is 126 cm³/mol. The number of fused-ring (bicyclic) bond motifs is 5. The minimum atomic E-state index is -1.00. The Morgan fingerprint density at radius 1 is 1.29 bits per heavy atom. The molecule has 0 amide bonds. The van der Waals surface area contributed by atoms with E-state index in [2.05, 4.69) is 0 Å². The summed E-state index contributed by atoms with van der Waals surface area (Å²) in [7, 11) is 0. The first-order valence-corrected chi connectivity index (χ1v) is 11.9. The lowest BCUT2D eigenvalue weighted by Crippen LogP contribution is -2.29. The second-order valence-electron chi connectivity index (χ2n) is 9.55. The number of nitrogens with zero attached hydrogens (tertiary/aromatic N) is 2. The van der Waals surface area contributed by atoms with Gasteiger partial charge in [-0.25, -0.2) is 9.37 Å². The highest BCUT2D eigenvalue weighted by atomic mass is 19.1. The van der Waals surface area contributed by atoms with E-state index in [1.165, 1.54) is 6.07 Å². The normalized spacial score (nSPS) is 21.4. The zero-order valence-electron chi connectivity index (χ0n) is 19.3. The Morgan fingerprint density at radius 2 is 2.12 bits per heavy atom. The molecule has 0 saturated carbocycles. The zero-order chi connectivity index (χ0) is 23.7. The van der Waals surface area contributed by atoms with Gasteiger partial charge in [-0.15, -0.1) is 0 Å². The zero-order valence-corrected chi connectivity index (χ0v) is 19.3. The van der Waals surface area contributed by atoms with Crippen LogP contribution >= 0.6 is 0 Å². The van der Waals surface area contributed by atoms with Crippen LogP contribution < -0.4 is 5.56 Å². The molecule has 2 N–H and O–H groups in total. The fourth-order valence-corrected chi connectivity index (χ4v) is 6.10. The van der Waals surface area contributed by atoms with Crippen molar-refractivity contribution in [3.8, 4) is 11.4 Å². The highest BCUT2D eigenvalue weighted by Crippen LogP contribution is 2.47. The van der Waals surface area contributed by atoms with E-state index in [1.54, 1.807) is 17.6 Å². The second-order valence-corrected chi connectivity index (χ2v) is 9.55. The van der Waals surface area contributed by atoms with Gasteiger partial charge in [0.1, 0.15) is 24.3 Å². The van der Waals surface area contributed by atoms with Crippen LogP contribution in [0.25, 0.3) is 22.3 Å². The van der Waals surface area contributed by atoms with Crippen LogP contribution in [-0.4, -0.2) is 26.4 Å². The van der Waals surface area contributed by atoms with Crippen molar-refractivity contribution in [1.29, 1.82) is 0 Å². The van der Waals surface area contributed by atoms with Crippen molar-refractivity contribution in [1.82, 2.24) is 9.55 Å². The Bertz CT molecular complexity index is 1460. The van der Waals surface area contributed by atoms with Crippen molar-refractivity contribution in [2.45, 2.75) is 64.7 Å². The van der Waals surface area contributed by atoms with Crippen LogP contribution in [0.4, 0.5) is 4.39 Å². The molecule has 6 rings (SSSR count). The lowest BCUT2D eigenvalue weighted by Gasteiger charge is -2.29.